The molecule has 1 unspecified atom stereocenters. The predicted octanol–water partition coefficient (Wildman–Crippen LogP) is 1.91. The Labute approximate surface area is 128 Å². The third-order valence-corrected chi connectivity index (χ3v) is 4.03. The third kappa shape index (κ3) is 6.04. The molecule has 0 aromatic rings. The molecular formula is C16H30N2O3. The summed E-state index contributed by atoms with van der Waals surface area (Å²) in [6.07, 6.45) is 3.97. The van der Waals surface area contributed by atoms with Gasteiger partial charge in [0, 0.05) is 13.1 Å². The van der Waals surface area contributed by atoms with Crippen LogP contribution in [-0.4, -0.2) is 61.0 Å². The van der Waals surface area contributed by atoms with Gasteiger partial charge in [-0.3, -0.25) is 14.5 Å². The van der Waals surface area contributed by atoms with Gasteiger partial charge in [0.1, 0.15) is 0 Å². The number of nitrogens with zero attached hydrogens (tertiary/aromatic N) is 2. The minimum absolute atomic E-state index is 0.141. The second-order valence-corrected chi connectivity index (χ2v) is 5.65. The quantitative estimate of drug-likeness (QED) is 0.642. The first-order valence-electron chi connectivity index (χ1n) is 8.29. The van der Waals surface area contributed by atoms with Crippen LogP contribution >= 0.6 is 0 Å². The van der Waals surface area contributed by atoms with Gasteiger partial charge in [0.25, 0.3) is 0 Å². The lowest BCUT2D eigenvalue weighted by molar-refractivity contribution is -0.151. The Hall–Kier alpha value is -1.10. The number of likely N-dealkylation sites (tertiary alicyclic amines) is 1. The molecule has 21 heavy (non-hydrogen) atoms. The minimum atomic E-state index is -0.159. The second-order valence-electron chi connectivity index (χ2n) is 5.65. The Morgan fingerprint density at radius 2 is 2.05 bits per heavy atom. The fraction of sp³-hybridized carbons (Fsp3) is 0.875. The molecule has 1 atom stereocenters. The molecule has 5 heteroatoms. The van der Waals surface area contributed by atoms with Crippen LogP contribution in [0.25, 0.3) is 0 Å². The van der Waals surface area contributed by atoms with Gasteiger partial charge in [-0.05, 0) is 39.3 Å². The summed E-state index contributed by atoms with van der Waals surface area (Å²) in [4.78, 5) is 28.2. The Bertz CT molecular complexity index is 333. The molecule has 0 aromatic carbocycles. The number of rotatable bonds is 8. The predicted molar refractivity (Wildman–Crippen MR) is 83.0 cm³/mol. The highest BCUT2D eigenvalue weighted by Crippen LogP contribution is 2.18. The number of amides is 1. The molecule has 0 aliphatic carbocycles. The van der Waals surface area contributed by atoms with Crippen molar-refractivity contribution in [3.63, 3.8) is 0 Å². The van der Waals surface area contributed by atoms with Crippen molar-refractivity contribution in [2.24, 2.45) is 5.92 Å². The Balaban J connectivity index is 2.47. The van der Waals surface area contributed by atoms with E-state index in [2.05, 4.69) is 18.7 Å². The molecule has 0 N–H and O–H groups in total. The summed E-state index contributed by atoms with van der Waals surface area (Å²) in [5.41, 5.74) is 0. The zero-order chi connectivity index (χ0) is 15.7. The molecule has 0 spiro atoms. The van der Waals surface area contributed by atoms with Gasteiger partial charge in [-0.2, -0.15) is 0 Å². The first kappa shape index (κ1) is 18.0. The number of carbonyl (C=O) groups excluding carboxylic acids is 2. The van der Waals surface area contributed by atoms with Crippen molar-refractivity contribution < 1.29 is 14.3 Å². The van der Waals surface area contributed by atoms with Gasteiger partial charge in [-0.1, -0.05) is 20.3 Å². The fourth-order valence-electron chi connectivity index (χ4n) is 2.68. The molecule has 122 valence electrons. The fourth-order valence-corrected chi connectivity index (χ4v) is 2.68. The lowest BCUT2D eigenvalue weighted by Crippen LogP contribution is -2.47. The normalized spacial score (nSPS) is 18.9. The van der Waals surface area contributed by atoms with E-state index in [4.69, 9.17) is 4.74 Å². The average Bonchev–Trinajstić information content (AvgIpc) is 2.51. The largest absolute Gasteiger partial charge is 0.466 e. The molecule has 1 aliphatic heterocycles. The first-order chi connectivity index (χ1) is 10.1. The van der Waals surface area contributed by atoms with Gasteiger partial charge in [0.05, 0.1) is 19.1 Å². The van der Waals surface area contributed by atoms with E-state index in [1.165, 1.54) is 0 Å². The molecule has 0 bridgehead atoms. The lowest BCUT2D eigenvalue weighted by atomic mass is 9.98. The van der Waals surface area contributed by atoms with E-state index in [0.29, 0.717) is 19.7 Å². The second kappa shape index (κ2) is 9.77. The van der Waals surface area contributed by atoms with E-state index in [1.54, 1.807) is 0 Å². The summed E-state index contributed by atoms with van der Waals surface area (Å²) >= 11 is 0. The summed E-state index contributed by atoms with van der Waals surface area (Å²) in [5, 5.41) is 0. The van der Waals surface area contributed by atoms with E-state index in [-0.39, 0.29) is 17.8 Å². The molecule has 1 saturated heterocycles. The van der Waals surface area contributed by atoms with Crippen molar-refractivity contribution in [3.05, 3.63) is 0 Å². The van der Waals surface area contributed by atoms with Gasteiger partial charge in [-0.25, -0.2) is 0 Å². The maximum Gasteiger partial charge on any atom is 0.310 e. The molecule has 1 rings (SSSR count). The molecule has 0 saturated carbocycles. The Morgan fingerprint density at radius 3 is 2.67 bits per heavy atom. The van der Waals surface area contributed by atoms with Gasteiger partial charge >= 0.3 is 5.97 Å². The van der Waals surface area contributed by atoms with Crippen molar-refractivity contribution in [2.45, 2.75) is 46.5 Å². The van der Waals surface area contributed by atoms with Crippen LogP contribution in [0.15, 0.2) is 0 Å². The molecule has 1 amide bonds. The summed E-state index contributed by atoms with van der Waals surface area (Å²) in [7, 11) is 0. The lowest BCUT2D eigenvalue weighted by Gasteiger charge is -2.33. The van der Waals surface area contributed by atoms with Gasteiger partial charge < -0.3 is 9.64 Å². The monoisotopic (exact) mass is 298 g/mol. The van der Waals surface area contributed by atoms with Crippen LogP contribution in [0.5, 0.6) is 0 Å². The smallest absolute Gasteiger partial charge is 0.310 e. The zero-order valence-corrected chi connectivity index (χ0v) is 13.8. The third-order valence-electron chi connectivity index (χ3n) is 4.03. The maximum atomic E-state index is 12.4. The Morgan fingerprint density at radius 1 is 1.29 bits per heavy atom. The van der Waals surface area contributed by atoms with Crippen molar-refractivity contribution >= 4 is 11.9 Å². The summed E-state index contributed by atoms with van der Waals surface area (Å²) in [6.45, 7) is 10.1. The number of likely N-dealkylation sites (N-methyl/N-ethyl adjacent to an activating group) is 1. The molecule has 1 aliphatic rings. The number of carbonyl (C=O) groups is 2. The van der Waals surface area contributed by atoms with Crippen LogP contribution in [0.3, 0.4) is 0 Å². The van der Waals surface area contributed by atoms with Gasteiger partial charge in [0.15, 0.2) is 0 Å². The molecule has 5 nitrogen and oxygen atoms in total. The van der Waals surface area contributed by atoms with Crippen LogP contribution in [0.4, 0.5) is 0 Å². The van der Waals surface area contributed by atoms with E-state index in [0.717, 1.165) is 45.3 Å². The zero-order valence-electron chi connectivity index (χ0n) is 13.8. The van der Waals surface area contributed by atoms with Crippen LogP contribution in [-0.2, 0) is 14.3 Å². The molecule has 0 aromatic heterocycles. The van der Waals surface area contributed by atoms with Gasteiger partial charge in [-0.15, -0.1) is 0 Å². The highest BCUT2D eigenvalue weighted by molar-refractivity contribution is 5.80. The number of hydrogen-bond acceptors (Lipinski definition) is 4. The number of ether oxygens (including phenoxy) is 1. The number of hydrogen-bond donors (Lipinski definition) is 0. The highest BCUT2D eigenvalue weighted by atomic mass is 16.5. The van der Waals surface area contributed by atoms with Crippen molar-refractivity contribution in [1.29, 1.82) is 0 Å². The number of unbranched alkanes of at least 4 members (excludes halogenated alkanes) is 1. The number of piperidine rings is 1. The number of esters is 1. The van der Waals surface area contributed by atoms with Crippen LogP contribution in [0.1, 0.15) is 46.5 Å². The van der Waals surface area contributed by atoms with Crippen LogP contribution in [0.2, 0.25) is 0 Å². The first-order valence-corrected chi connectivity index (χ1v) is 8.29. The van der Waals surface area contributed by atoms with E-state index >= 15 is 0 Å². The molecule has 1 fully saturated rings. The molecule has 0 radical (unpaired) electrons. The van der Waals surface area contributed by atoms with Crippen molar-refractivity contribution in [3.8, 4) is 0 Å². The standard InChI is InChI=1S/C16H30N2O3/c1-4-7-10-17(5-2)13-15(19)18-11-8-9-14(12-18)16(20)21-6-3/h14H,4-13H2,1-3H3. The van der Waals surface area contributed by atoms with Gasteiger partial charge in [0.2, 0.25) is 5.91 Å². The molecule has 1 heterocycles. The molecular weight excluding hydrogens is 268 g/mol. The van der Waals surface area contributed by atoms with Crippen LogP contribution in [0, 0.1) is 5.92 Å². The summed E-state index contributed by atoms with van der Waals surface area (Å²) in [6, 6.07) is 0. The SMILES string of the molecule is CCCCN(CC)CC(=O)N1CCCC(C(=O)OCC)C1. The van der Waals surface area contributed by atoms with Crippen molar-refractivity contribution in [2.75, 3.05) is 39.3 Å². The highest BCUT2D eigenvalue weighted by Gasteiger charge is 2.29. The maximum absolute atomic E-state index is 12.4. The topological polar surface area (TPSA) is 49.9 Å². The average molecular weight is 298 g/mol. The van der Waals surface area contributed by atoms with Crippen molar-refractivity contribution in [1.82, 2.24) is 9.80 Å². The van der Waals surface area contributed by atoms with Crippen LogP contribution < -0.4 is 0 Å². The van der Waals surface area contributed by atoms with E-state index in [1.807, 2.05) is 11.8 Å². The summed E-state index contributed by atoms with van der Waals surface area (Å²) in [5.74, 6) is -0.163. The minimum Gasteiger partial charge on any atom is -0.466 e. The van der Waals surface area contributed by atoms with E-state index in [9.17, 15) is 9.59 Å². The Kier molecular flexibility index (Phi) is 8.35. The summed E-state index contributed by atoms with van der Waals surface area (Å²) < 4.78 is 5.08. The van der Waals surface area contributed by atoms with E-state index < -0.39 is 0 Å².